The lowest BCUT2D eigenvalue weighted by molar-refractivity contribution is 0.0779. The zero-order valence-corrected chi connectivity index (χ0v) is 11.9. The van der Waals surface area contributed by atoms with Crippen LogP contribution >= 0.6 is 11.6 Å². The van der Waals surface area contributed by atoms with Gasteiger partial charge in [-0.05, 0) is 49.3 Å². The van der Waals surface area contributed by atoms with Crippen LogP contribution < -0.4 is 5.73 Å². The summed E-state index contributed by atoms with van der Waals surface area (Å²) < 4.78 is 13.8. The highest BCUT2D eigenvalue weighted by atomic mass is 35.5. The minimum Gasteiger partial charge on any atom is -0.338 e. The van der Waals surface area contributed by atoms with E-state index in [2.05, 4.69) is 0 Å². The molecule has 1 aromatic rings. The first-order valence-electron chi connectivity index (χ1n) is 7.04. The van der Waals surface area contributed by atoms with E-state index in [0.717, 1.165) is 25.8 Å². The maximum atomic E-state index is 13.8. The minimum atomic E-state index is -0.547. The molecule has 2 fully saturated rings. The molecule has 108 valence electrons. The Kier molecular flexibility index (Phi) is 3.69. The first-order chi connectivity index (χ1) is 9.54. The fourth-order valence-electron chi connectivity index (χ4n) is 3.47. The third-order valence-corrected chi connectivity index (χ3v) is 4.77. The number of carbonyl (C=O) groups is 1. The molecule has 1 unspecified atom stereocenters. The Bertz CT molecular complexity index is 537. The molecule has 3 rings (SSSR count). The number of halogens is 2. The molecule has 5 heteroatoms. The number of rotatable bonds is 1. The van der Waals surface area contributed by atoms with E-state index in [0.29, 0.717) is 23.4 Å². The third kappa shape index (κ3) is 2.54. The van der Waals surface area contributed by atoms with Crippen LogP contribution in [-0.2, 0) is 0 Å². The van der Waals surface area contributed by atoms with Crippen molar-refractivity contribution >= 4 is 17.5 Å². The summed E-state index contributed by atoms with van der Waals surface area (Å²) in [5.41, 5.74) is 6.09. The van der Waals surface area contributed by atoms with Gasteiger partial charge in [-0.1, -0.05) is 11.6 Å². The Morgan fingerprint density at radius 2 is 2.05 bits per heavy atom. The van der Waals surface area contributed by atoms with Gasteiger partial charge in [0.15, 0.2) is 0 Å². The molecule has 1 amide bonds. The average molecular weight is 297 g/mol. The fourth-order valence-corrected chi connectivity index (χ4v) is 3.63. The summed E-state index contributed by atoms with van der Waals surface area (Å²) in [6.45, 7) is 1.41. The number of hydrogen-bond donors (Lipinski definition) is 1. The molecular formula is C15H18ClFN2O. The van der Waals surface area contributed by atoms with Gasteiger partial charge in [0.2, 0.25) is 0 Å². The van der Waals surface area contributed by atoms with Crippen molar-refractivity contribution in [2.24, 2.45) is 17.6 Å². The highest BCUT2D eigenvalue weighted by Crippen LogP contribution is 2.36. The first kappa shape index (κ1) is 13.8. The third-order valence-electron chi connectivity index (χ3n) is 4.54. The topological polar surface area (TPSA) is 46.3 Å². The molecule has 2 aliphatic rings. The predicted molar refractivity (Wildman–Crippen MR) is 76.1 cm³/mol. The van der Waals surface area contributed by atoms with Crippen LogP contribution in [0.1, 0.15) is 29.6 Å². The van der Waals surface area contributed by atoms with E-state index in [1.165, 1.54) is 12.1 Å². The Hall–Kier alpha value is -1.13. The lowest BCUT2D eigenvalue weighted by Gasteiger charge is -2.27. The number of carbonyl (C=O) groups excluding carboxylic acids is 1. The molecule has 20 heavy (non-hydrogen) atoms. The smallest absolute Gasteiger partial charge is 0.256 e. The highest BCUT2D eigenvalue weighted by Gasteiger charge is 2.39. The molecule has 2 N–H and O–H groups in total. The normalized spacial score (nSPS) is 29.4. The molecule has 3 nitrogen and oxygen atoms in total. The number of amides is 1. The molecular weight excluding hydrogens is 279 g/mol. The van der Waals surface area contributed by atoms with E-state index in [9.17, 15) is 9.18 Å². The molecule has 1 heterocycles. The molecule has 0 bridgehead atoms. The molecule has 1 aromatic carbocycles. The van der Waals surface area contributed by atoms with Gasteiger partial charge in [0.1, 0.15) is 5.82 Å². The minimum absolute atomic E-state index is 0.109. The van der Waals surface area contributed by atoms with E-state index < -0.39 is 5.82 Å². The summed E-state index contributed by atoms with van der Waals surface area (Å²) in [4.78, 5) is 14.2. The van der Waals surface area contributed by atoms with Crippen molar-refractivity contribution in [3.05, 3.63) is 34.6 Å². The Morgan fingerprint density at radius 3 is 2.80 bits per heavy atom. The fraction of sp³-hybridized carbons (Fsp3) is 0.533. The van der Waals surface area contributed by atoms with Gasteiger partial charge >= 0.3 is 0 Å². The average Bonchev–Trinajstić information content (AvgIpc) is 2.81. The molecule has 1 aliphatic heterocycles. The van der Waals surface area contributed by atoms with Crippen LogP contribution in [0.15, 0.2) is 18.2 Å². The molecule has 0 radical (unpaired) electrons. The SMILES string of the molecule is NC1CC[C@@H]2CN(C(=O)c3ccc(Cl)cc3F)C[C@@H]2C1. The van der Waals surface area contributed by atoms with Crippen LogP contribution in [0.2, 0.25) is 5.02 Å². The van der Waals surface area contributed by atoms with Crippen molar-refractivity contribution in [2.45, 2.75) is 25.3 Å². The largest absolute Gasteiger partial charge is 0.338 e. The summed E-state index contributed by atoms with van der Waals surface area (Å²) in [5.74, 6) is 0.211. The van der Waals surface area contributed by atoms with Crippen molar-refractivity contribution in [2.75, 3.05) is 13.1 Å². The predicted octanol–water partition coefficient (Wildman–Crippen LogP) is 2.68. The second-order valence-electron chi connectivity index (χ2n) is 5.93. The van der Waals surface area contributed by atoms with Gasteiger partial charge in [0.25, 0.3) is 5.91 Å². The second-order valence-corrected chi connectivity index (χ2v) is 6.36. The van der Waals surface area contributed by atoms with Crippen LogP contribution in [0.25, 0.3) is 0 Å². The van der Waals surface area contributed by atoms with Crippen LogP contribution in [-0.4, -0.2) is 29.9 Å². The van der Waals surface area contributed by atoms with E-state index >= 15 is 0 Å². The number of likely N-dealkylation sites (tertiary alicyclic amines) is 1. The quantitative estimate of drug-likeness (QED) is 0.866. The van der Waals surface area contributed by atoms with Gasteiger partial charge < -0.3 is 10.6 Å². The molecule has 1 saturated heterocycles. The Morgan fingerprint density at radius 1 is 1.30 bits per heavy atom. The Balaban J connectivity index is 1.75. The molecule has 0 spiro atoms. The number of hydrogen-bond acceptors (Lipinski definition) is 2. The van der Waals surface area contributed by atoms with E-state index in [-0.39, 0.29) is 17.5 Å². The molecule has 1 aliphatic carbocycles. The highest BCUT2D eigenvalue weighted by molar-refractivity contribution is 6.30. The maximum Gasteiger partial charge on any atom is 0.256 e. The lowest BCUT2D eigenvalue weighted by atomic mass is 9.79. The zero-order valence-electron chi connectivity index (χ0n) is 11.2. The molecule has 3 atom stereocenters. The van der Waals surface area contributed by atoms with Crippen LogP contribution in [0.3, 0.4) is 0 Å². The van der Waals surface area contributed by atoms with Crippen LogP contribution in [0, 0.1) is 17.7 Å². The summed E-state index contributed by atoms with van der Waals surface area (Å²) in [6.07, 6.45) is 3.06. The van der Waals surface area contributed by atoms with E-state index in [1.54, 1.807) is 11.0 Å². The van der Waals surface area contributed by atoms with Crippen molar-refractivity contribution in [3.8, 4) is 0 Å². The Labute approximate surface area is 122 Å². The van der Waals surface area contributed by atoms with Crippen molar-refractivity contribution < 1.29 is 9.18 Å². The number of benzene rings is 1. The van der Waals surface area contributed by atoms with Crippen molar-refractivity contribution in [3.63, 3.8) is 0 Å². The standard InChI is InChI=1S/C15H18ClFN2O/c16-11-2-4-13(14(17)6-11)15(20)19-7-9-1-3-12(18)5-10(9)8-19/h2,4,6,9-10,12H,1,3,5,7-8,18H2/t9-,10+,12?/m1/s1. The van der Waals surface area contributed by atoms with E-state index in [1.807, 2.05) is 0 Å². The first-order valence-corrected chi connectivity index (χ1v) is 7.42. The van der Waals surface area contributed by atoms with Gasteiger partial charge in [-0.15, -0.1) is 0 Å². The monoisotopic (exact) mass is 296 g/mol. The van der Waals surface area contributed by atoms with Gasteiger partial charge in [-0.25, -0.2) is 4.39 Å². The molecule has 0 aromatic heterocycles. The molecule has 1 saturated carbocycles. The summed E-state index contributed by atoms with van der Waals surface area (Å²) >= 11 is 5.72. The number of fused-ring (bicyclic) bond motifs is 1. The summed E-state index contributed by atoms with van der Waals surface area (Å²) in [7, 11) is 0. The second kappa shape index (κ2) is 5.34. The van der Waals surface area contributed by atoms with Gasteiger partial charge in [-0.3, -0.25) is 4.79 Å². The van der Waals surface area contributed by atoms with Crippen molar-refractivity contribution in [1.29, 1.82) is 0 Å². The lowest BCUT2D eigenvalue weighted by Crippen LogP contribution is -2.32. The zero-order chi connectivity index (χ0) is 14.3. The number of nitrogens with two attached hydrogens (primary N) is 1. The van der Waals surface area contributed by atoms with E-state index in [4.69, 9.17) is 17.3 Å². The van der Waals surface area contributed by atoms with Crippen molar-refractivity contribution in [1.82, 2.24) is 4.90 Å². The summed E-state index contributed by atoms with van der Waals surface area (Å²) in [6, 6.07) is 4.46. The van der Waals surface area contributed by atoms with Gasteiger partial charge in [0, 0.05) is 24.2 Å². The maximum absolute atomic E-state index is 13.8. The van der Waals surface area contributed by atoms with Gasteiger partial charge in [0.05, 0.1) is 5.56 Å². The van der Waals surface area contributed by atoms with Gasteiger partial charge in [-0.2, -0.15) is 0 Å². The van der Waals surface area contributed by atoms with Crippen LogP contribution in [0.5, 0.6) is 0 Å². The number of nitrogens with zero attached hydrogens (tertiary/aromatic N) is 1. The summed E-state index contributed by atoms with van der Waals surface area (Å²) in [5, 5.41) is 0.306. The van der Waals surface area contributed by atoms with Crippen LogP contribution in [0.4, 0.5) is 4.39 Å².